The van der Waals surface area contributed by atoms with E-state index in [-0.39, 0.29) is 12.5 Å². The Kier molecular flexibility index (Phi) is 5.33. The van der Waals surface area contributed by atoms with Gasteiger partial charge in [0.1, 0.15) is 18.0 Å². The lowest BCUT2D eigenvalue weighted by Gasteiger charge is -2.09. The Balaban J connectivity index is 1.68. The van der Waals surface area contributed by atoms with Crippen LogP contribution < -0.4 is 14.8 Å². The van der Waals surface area contributed by atoms with Crippen molar-refractivity contribution in [2.24, 2.45) is 0 Å². The minimum atomic E-state index is -0.305. The first-order chi connectivity index (χ1) is 12.6. The van der Waals surface area contributed by atoms with Crippen LogP contribution in [0, 0.1) is 0 Å². The van der Waals surface area contributed by atoms with Gasteiger partial charge in [0.25, 0.3) is 0 Å². The van der Waals surface area contributed by atoms with Crippen LogP contribution in [0.25, 0.3) is 11.4 Å². The van der Waals surface area contributed by atoms with Crippen LogP contribution in [-0.4, -0.2) is 40.3 Å². The molecule has 0 radical (unpaired) electrons. The topological polar surface area (TPSA) is 91.2 Å². The van der Waals surface area contributed by atoms with E-state index in [1.54, 1.807) is 42.5 Å². The van der Waals surface area contributed by atoms with Gasteiger partial charge in [0.15, 0.2) is 0 Å². The average molecular weight is 374 g/mol. The van der Waals surface area contributed by atoms with Gasteiger partial charge in [-0.25, -0.2) is 0 Å². The van der Waals surface area contributed by atoms with Crippen LogP contribution in [0.2, 0.25) is 5.02 Å². The van der Waals surface area contributed by atoms with Crippen LogP contribution in [0.3, 0.4) is 0 Å². The number of ether oxygens (including phenoxy) is 2. The maximum absolute atomic E-state index is 12.2. The molecule has 0 aliphatic rings. The van der Waals surface area contributed by atoms with E-state index in [1.165, 1.54) is 19.0 Å². The number of carbonyl (C=O) groups excluding carboxylic acids is 1. The first-order valence-electron chi connectivity index (χ1n) is 7.64. The normalized spacial score (nSPS) is 10.4. The lowest BCUT2D eigenvalue weighted by molar-refractivity contribution is -0.117. The Bertz CT molecular complexity index is 889. The molecule has 0 saturated carbocycles. The van der Waals surface area contributed by atoms with Crippen LogP contribution in [0.4, 0.5) is 5.69 Å². The van der Waals surface area contributed by atoms with E-state index in [9.17, 15) is 4.79 Å². The fraction of sp³-hybridized carbons (Fsp3) is 0.176. The summed E-state index contributed by atoms with van der Waals surface area (Å²) in [6, 6.07) is 12.1. The highest BCUT2D eigenvalue weighted by molar-refractivity contribution is 6.30. The summed E-state index contributed by atoms with van der Waals surface area (Å²) in [4.78, 5) is 13.5. The molecule has 0 aliphatic carbocycles. The number of anilines is 1. The van der Waals surface area contributed by atoms with Crippen molar-refractivity contribution in [2.45, 2.75) is 6.54 Å². The third-order valence-electron chi connectivity index (χ3n) is 3.48. The third kappa shape index (κ3) is 4.28. The van der Waals surface area contributed by atoms with Gasteiger partial charge in [-0.1, -0.05) is 11.6 Å². The van der Waals surface area contributed by atoms with Gasteiger partial charge in [-0.05, 0) is 29.5 Å². The summed E-state index contributed by atoms with van der Waals surface area (Å²) in [5.74, 6) is 1.25. The van der Waals surface area contributed by atoms with Gasteiger partial charge < -0.3 is 14.8 Å². The minimum absolute atomic E-state index is 0.0832. The van der Waals surface area contributed by atoms with Crippen LogP contribution in [0.15, 0.2) is 42.5 Å². The van der Waals surface area contributed by atoms with Gasteiger partial charge in [0, 0.05) is 34.5 Å². The number of nitrogens with one attached hydrogen (secondary N) is 1. The molecule has 3 rings (SSSR count). The van der Waals surface area contributed by atoms with E-state index in [4.69, 9.17) is 21.1 Å². The highest BCUT2D eigenvalue weighted by Crippen LogP contribution is 2.25. The van der Waals surface area contributed by atoms with E-state index in [0.717, 1.165) is 5.56 Å². The smallest absolute Gasteiger partial charge is 0.248 e. The van der Waals surface area contributed by atoms with E-state index < -0.39 is 0 Å². The molecule has 26 heavy (non-hydrogen) atoms. The molecule has 0 unspecified atom stereocenters. The number of hydrogen-bond donors (Lipinski definition) is 1. The number of halogens is 1. The number of methoxy groups -OCH3 is 2. The van der Waals surface area contributed by atoms with Crippen molar-refractivity contribution in [3.8, 4) is 22.9 Å². The molecular weight excluding hydrogens is 358 g/mol. The van der Waals surface area contributed by atoms with Gasteiger partial charge in [-0.15, -0.1) is 10.2 Å². The molecule has 1 aromatic heterocycles. The van der Waals surface area contributed by atoms with Crippen LogP contribution >= 0.6 is 11.6 Å². The Morgan fingerprint density at radius 3 is 2.38 bits per heavy atom. The largest absolute Gasteiger partial charge is 0.497 e. The van der Waals surface area contributed by atoms with Crippen LogP contribution in [-0.2, 0) is 11.3 Å². The second-order valence-electron chi connectivity index (χ2n) is 5.30. The van der Waals surface area contributed by atoms with Gasteiger partial charge in [0.2, 0.25) is 11.7 Å². The predicted octanol–water partition coefficient (Wildman–Crippen LogP) is 2.65. The summed E-state index contributed by atoms with van der Waals surface area (Å²) in [7, 11) is 3.08. The highest BCUT2D eigenvalue weighted by atomic mass is 35.5. The van der Waals surface area contributed by atoms with Crippen molar-refractivity contribution < 1.29 is 14.3 Å². The molecule has 0 spiro atoms. The fourth-order valence-corrected chi connectivity index (χ4v) is 2.36. The number of aromatic nitrogens is 4. The monoisotopic (exact) mass is 373 g/mol. The lowest BCUT2D eigenvalue weighted by atomic mass is 10.2. The quantitative estimate of drug-likeness (QED) is 0.714. The molecule has 8 nitrogen and oxygen atoms in total. The summed E-state index contributed by atoms with van der Waals surface area (Å²) in [6.07, 6.45) is 0. The Morgan fingerprint density at radius 1 is 1.12 bits per heavy atom. The summed E-state index contributed by atoms with van der Waals surface area (Å²) >= 11 is 5.86. The molecule has 0 atom stereocenters. The molecular formula is C17H16ClN5O3. The second kappa shape index (κ2) is 7.83. The zero-order chi connectivity index (χ0) is 18.5. The van der Waals surface area contributed by atoms with E-state index in [0.29, 0.717) is 28.0 Å². The van der Waals surface area contributed by atoms with Crippen molar-refractivity contribution in [1.29, 1.82) is 0 Å². The minimum Gasteiger partial charge on any atom is -0.497 e. The standard InChI is InChI=1S/C17H16ClN5O3/c1-25-14-7-13(8-15(9-14)26-2)19-16(24)10-23-21-17(20-22-23)11-3-5-12(18)6-4-11/h3-9H,10H2,1-2H3,(H,19,24). The zero-order valence-electron chi connectivity index (χ0n) is 14.1. The fourth-order valence-electron chi connectivity index (χ4n) is 2.23. The number of nitrogens with zero attached hydrogens (tertiary/aromatic N) is 4. The number of rotatable bonds is 6. The highest BCUT2D eigenvalue weighted by Gasteiger charge is 2.11. The SMILES string of the molecule is COc1cc(NC(=O)Cn2nnc(-c3ccc(Cl)cc3)n2)cc(OC)c1. The molecule has 3 aromatic rings. The molecule has 0 aliphatic heterocycles. The van der Waals surface area contributed by atoms with E-state index in [2.05, 4.69) is 20.7 Å². The molecule has 2 aromatic carbocycles. The molecule has 0 fully saturated rings. The van der Waals surface area contributed by atoms with E-state index in [1.807, 2.05) is 0 Å². The van der Waals surface area contributed by atoms with Crippen molar-refractivity contribution in [1.82, 2.24) is 20.2 Å². The molecule has 1 N–H and O–H groups in total. The third-order valence-corrected chi connectivity index (χ3v) is 3.73. The number of hydrogen-bond acceptors (Lipinski definition) is 6. The second-order valence-corrected chi connectivity index (χ2v) is 5.74. The number of tetrazole rings is 1. The Labute approximate surface area is 154 Å². The average Bonchev–Trinajstić information content (AvgIpc) is 3.10. The zero-order valence-corrected chi connectivity index (χ0v) is 14.9. The summed E-state index contributed by atoms with van der Waals surface area (Å²) in [5, 5.41) is 15.4. The molecule has 0 bridgehead atoms. The van der Waals surface area contributed by atoms with Crippen LogP contribution in [0.5, 0.6) is 11.5 Å². The van der Waals surface area contributed by atoms with Gasteiger partial charge in [-0.2, -0.15) is 4.80 Å². The summed E-state index contributed by atoms with van der Waals surface area (Å²) < 4.78 is 10.4. The number of carbonyl (C=O) groups is 1. The van der Waals surface area contributed by atoms with E-state index >= 15 is 0 Å². The van der Waals surface area contributed by atoms with Crippen molar-refractivity contribution >= 4 is 23.2 Å². The first-order valence-corrected chi connectivity index (χ1v) is 8.02. The van der Waals surface area contributed by atoms with Crippen molar-refractivity contribution in [3.63, 3.8) is 0 Å². The number of amides is 1. The van der Waals surface area contributed by atoms with Crippen molar-refractivity contribution in [2.75, 3.05) is 19.5 Å². The molecule has 9 heteroatoms. The Morgan fingerprint density at radius 2 is 1.77 bits per heavy atom. The first kappa shape index (κ1) is 17.7. The molecule has 0 saturated heterocycles. The predicted molar refractivity (Wildman–Crippen MR) is 96.4 cm³/mol. The Hall–Kier alpha value is -3.13. The summed E-state index contributed by atoms with van der Waals surface area (Å²) in [6.45, 7) is -0.0832. The molecule has 134 valence electrons. The van der Waals surface area contributed by atoms with Gasteiger partial charge in [0.05, 0.1) is 14.2 Å². The van der Waals surface area contributed by atoms with Crippen molar-refractivity contribution in [3.05, 3.63) is 47.5 Å². The van der Waals surface area contributed by atoms with Crippen LogP contribution in [0.1, 0.15) is 0 Å². The lowest BCUT2D eigenvalue weighted by Crippen LogP contribution is -2.20. The number of benzene rings is 2. The molecule has 1 heterocycles. The maximum atomic E-state index is 12.2. The van der Waals surface area contributed by atoms with Gasteiger partial charge in [-0.3, -0.25) is 4.79 Å². The molecule has 1 amide bonds. The summed E-state index contributed by atoms with van der Waals surface area (Å²) in [5.41, 5.74) is 1.31. The van der Waals surface area contributed by atoms with Gasteiger partial charge >= 0.3 is 0 Å². The maximum Gasteiger partial charge on any atom is 0.248 e.